The molecule has 0 radical (unpaired) electrons. The van der Waals surface area contributed by atoms with E-state index in [1.54, 1.807) is 20.3 Å². The van der Waals surface area contributed by atoms with Gasteiger partial charge in [-0.3, -0.25) is 9.69 Å². The SMILES string of the molecule is COc1ccc(C(c2cccc(OC)c2OC)N2CCC(C(=O)O)CC2)cc1F. The minimum atomic E-state index is -0.768. The van der Waals surface area contributed by atoms with Gasteiger partial charge in [0, 0.05) is 5.56 Å². The van der Waals surface area contributed by atoms with Crippen LogP contribution in [-0.4, -0.2) is 50.4 Å². The highest BCUT2D eigenvalue weighted by Gasteiger charge is 2.32. The predicted octanol–water partition coefficient (Wildman–Crippen LogP) is 3.74. The fourth-order valence-electron chi connectivity index (χ4n) is 3.97. The number of hydrogen-bond donors (Lipinski definition) is 1. The van der Waals surface area contributed by atoms with Gasteiger partial charge in [-0.1, -0.05) is 18.2 Å². The number of nitrogens with zero attached hydrogens (tertiary/aromatic N) is 1. The number of ether oxygens (including phenoxy) is 3. The molecule has 2 aromatic rings. The number of aliphatic carboxylic acids is 1. The molecule has 1 N–H and O–H groups in total. The molecule has 1 saturated heterocycles. The van der Waals surface area contributed by atoms with Gasteiger partial charge in [0.15, 0.2) is 23.1 Å². The number of piperidine rings is 1. The molecular formula is C22H26FNO5. The van der Waals surface area contributed by atoms with Gasteiger partial charge in [0.2, 0.25) is 0 Å². The van der Waals surface area contributed by atoms with E-state index >= 15 is 0 Å². The zero-order valence-corrected chi connectivity index (χ0v) is 16.9. The molecule has 1 fully saturated rings. The summed E-state index contributed by atoms with van der Waals surface area (Å²) in [5.41, 5.74) is 1.58. The van der Waals surface area contributed by atoms with Gasteiger partial charge in [0.05, 0.1) is 33.3 Å². The monoisotopic (exact) mass is 403 g/mol. The summed E-state index contributed by atoms with van der Waals surface area (Å²) in [7, 11) is 4.57. The number of carboxylic acids is 1. The maximum atomic E-state index is 14.5. The van der Waals surface area contributed by atoms with Crippen molar-refractivity contribution in [2.75, 3.05) is 34.4 Å². The normalized spacial score (nSPS) is 16.3. The van der Waals surface area contributed by atoms with Crippen LogP contribution in [-0.2, 0) is 4.79 Å². The Bertz CT molecular complexity index is 864. The van der Waals surface area contributed by atoms with Crippen molar-refractivity contribution in [1.29, 1.82) is 0 Å². The van der Waals surface area contributed by atoms with Crippen LogP contribution in [0.25, 0.3) is 0 Å². The zero-order chi connectivity index (χ0) is 21.0. The fraction of sp³-hybridized carbons (Fsp3) is 0.409. The number of carbonyl (C=O) groups is 1. The summed E-state index contributed by atoms with van der Waals surface area (Å²) < 4.78 is 30.6. The number of hydrogen-bond acceptors (Lipinski definition) is 5. The lowest BCUT2D eigenvalue weighted by atomic mass is 9.90. The van der Waals surface area contributed by atoms with Crippen LogP contribution in [0.1, 0.15) is 30.0 Å². The van der Waals surface area contributed by atoms with Gasteiger partial charge in [-0.25, -0.2) is 4.39 Å². The van der Waals surface area contributed by atoms with Gasteiger partial charge in [-0.15, -0.1) is 0 Å². The van der Waals surface area contributed by atoms with Crippen molar-refractivity contribution in [2.45, 2.75) is 18.9 Å². The van der Waals surface area contributed by atoms with Crippen molar-refractivity contribution in [1.82, 2.24) is 4.90 Å². The third-order valence-corrected chi connectivity index (χ3v) is 5.46. The van der Waals surface area contributed by atoms with Gasteiger partial charge >= 0.3 is 5.97 Å². The largest absolute Gasteiger partial charge is 0.494 e. The Morgan fingerprint density at radius 2 is 1.76 bits per heavy atom. The van der Waals surface area contributed by atoms with Crippen LogP contribution in [0.2, 0.25) is 0 Å². The van der Waals surface area contributed by atoms with E-state index in [0.717, 1.165) is 11.1 Å². The van der Waals surface area contributed by atoms with E-state index < -0.39 is 11.8 Å². The third kappa shape index (κ3) is 4.29. The van der Waals surface area contributed by atoms with Gasteiger partial charge in [0.1, 0.15) is 0 Å². The van der Waals surface area contributed by atoms with E-state index in [0.29, 0.717) is 37.4 Å². The summed E-state index contributed by atoms with van der Waals surface area (Å²) in [6.45, 7) is 1.16. The second-order valence-electron chi connectivity index (χ2n) is 7.03. The second kappa shape index (κ2) is 9.13. The Morgan fingerprint density at radius 3 is 2.31 bits per heavy atom. The van der Waals surface area contributed by atoms with Gasteiger partial charge in [-0.2, -0.15) is 0 Å². The number of para-hydroxylation sites is 1. The highest BCUT2D eigenvalue weighted by atomic mass is 19.1. The molecule has 156 valence electrons. The molecule has 1 unspecified atom stereocenters. The summed E-state index contributed by atoms with van der Waals surface area (Å²) >= 11 is 0. The Labute approximate surface area is 169 Å². The molecule has 6 nitrogen and oxygen atoms in total. The molecule has 0 aromatic heterocycles. The third-order valence-electron chi connectivity index (χ3n) is 5.46. The van der Waals surface area contributed by atoms with Crippen molar-refractivity contribution in [3.63, 3.8) is 0 Å². The number of carboxylic acid groups (broad SMARTS) is 1. The number of likely N-dealkylation sites (tertiary alicyclic amines) is 1. The quantitative estimate of drug-likeness (QED) is 0.760. The molecule has 0 bridgehead atoms. The Morgan fingerprint density at radius 1 is 1.07 bits per heavy atom. The summed E-state index contributed by atoms with van der Waals surface area (Å²) in [6.07, 6.45) is 1.08. The molecule has 7 heteroatoms. The molecule has 0 amide bonds. The first-order chi connectivity index (χ1) is 14.0. The van der Waals surface area contributed by atoms with Crippen molar-refractivity contribution in [3.8, 4) is 17.2 Å². The fourth-order valence-corrected chi connectivity index (χ4v) is 3.97. The molecule has 1 aliphatic heterocycles. The number of methoxy groups -OCH3 is 3. The lowest BCUT2D eigenvalue weighted by molar-refractivity contribution is -0.143. The standard InChI is InChI=1S/C22H26FNO5/c1-27-18-8-7-15(13-17(18)23)20(24-11-9-14(10-12-24)22(25)26)16-5-4-6-19(28-2)21(16)29-3/h4-8,13-14,20H,9-12H2,1-3H3,(H,25,26). The molecule has 1 atom stereocenters. The van der Waals surface area contributed by atoms with Crippen LogP contribution < -0.4 is 14.2 Å². The number of rotatable bonds is 7. The molecule has 3 rings (SSSR count). The molecule has 0 spiro atoms. The minimum Gasteiger partial charge on any atom is -0.494 e. The summed E-state index contributed by atoms with van der Waals surface area (Å²) in [5, 5.41) is 9.32. The highest BCUT2D eigenvalue weighted by Crippen LogP contribution is 2.42. The maximum absolute atomic E-state index is 14.5. The lowest BCUT2D eigenvalue weighted by Gasteiger charge is -2.37. The molecule has 0 aliphatic carbocycles. The van der Waals surface area contributed by atoms with Crippen LogP contribution in [0.5, 0.6) is 17.2 Å². The summed E-state index contributed by atoms with van der Waals surface area (Å²) in [5.74, 6) is -0.227. The van der Waals surface area contributed by atoms with Gasteiger partial charge in [-0.05, 0) is 49.7 Å². The smallest absolute Gasteiger partial charge is 0.306 e. The van der Waals surface area contributed by atoms with Gasteiger partial charge in [0.25, 0.3) is 0 Å². The number of halogens is 1. The van der Waals surface area contributed by atoms with Crippen molar-refractivity contribution in [3.05, 3.63) is 53.3 Å². The topological polar surface area (TPSA) is 68.2 Å². The Hall–Kier alpha value is -2.80. The van der Waals surface area contributed by atoms with Crippen molar-refractivity contribution >= 4 is 5.97 Å². The second-order valence-corrected chi connectivity index (χ2v) is 7.03. The first kappa shape index (κ1) is 20.9. The maximum Gasteiger partial charge on any atom is 0.306 e. The molecular weight excluding hydrogens is 377 g/mol. The first-order valence-electron chi connectivity index (χ1n) is 9.51. The summed E-state index contributed by atoms with van der Waals surface area (Å²) in [4.78, 5) is 13.5. The molecule has 1 heterocycles. The molecule has 2 aromatic carbocycles. The van der Waals surface area contributed by atoms with Crippen molar-refractivity contribution < 1.29 is 28.5 Å². The molecule has 29 heavy (non-hydrogen) atoms. The van der Waals surface area contributed by atoms with Crippen LogP contribution in [0.3, 0.4) is 0 Å². The van der Waals surface area contributed by atoms with Crippen molar-refractivity contribution in [2.24, 2.45) is 5.92 Å². The minimum absolute atomic E-state index is 0.176. The predicted molar refractivity (Wildman–Crippen MR) is 106 cm³/mol. The van der Waals surface area contributed by atoms with E-state index in [1.165, 1.54) is 13.2 Å². The van der Waals surface area contributed by atoms with E-state index in [2.05, 4.69) is 4.90 Å². The van der Waals surface area contributed by atoms with Gasteiger partial charge < -0.3 is 19.3 Å². The highest BCUT2D eigenvalue weighted by molar-refractivity contribution is 5.70. The first-order valence-corrected chi connectivity index (χ1v) is 9.51. The average Bonchev–Trinajstić information content (AvgIpc) is 2.74. The average molecular weight is 403 g/mol. The Balaban J connectivity index is 2.06. The lowest BCUT2D eigenvalue weighted by Crippen LogP contribution is -2.39. The van der Waals surface area contributed by atoms with E-state index in [9.17, 15) is 14.3 Å². The molecule has 1 aliphatic rings. The zero-order valence-electron chi connectivity index (χ0n) is 16.9. The van der Waals surface area contributed by atoms with E-state index in [1.807, 2.05) is 24.3 Å². The number of benzene rings is 2. The summed E-state index contributed by atoms with van der Waals surface area (Å²) in [6, 6.07) is 10.2. The van der Waals surface area contributed by atoms with Crippen LogP contribution >= 0.6 is 0 Å². The van der Waals surface area contributed by atoms with E-state index in [4.69, 9.17) is 14.2 Å². The van der Waals surface area contributed by atoms with E-state index in [-0.39, 0.29) is 17.7 Å². The Kier molecular flexibility index (Phi) is 6.59. The van der Waals surface area contributed by atoms with Crippen LogP contribution in [0.4, 0.5) is 4.39 Å². The van der Waals surface area contributed by atoms with Crippen LogP contribution in [0.15, 0.2) is 36.4 Å². The molecule has 0 saturated carbocycles. The van der Waals surface area contributed by atoms with Crippen LogP contribution in [0, 0.1) is 11.7 Å².